The van der Waals surface area contributed by atoms with Crippen LogP contribution in [-0.2, 0) is 19.1 Å². The topological polar surface area (TPSA) is 94.2 Å². The third kappa shape index (κ3) is 5.71. The fourth-order valence-corrected chi connectivity index (χ4v) is 2.84. The summed E-state index contributed by atoms with van der Waals surface area (Å²) in [4.78, 5) is 37.1. The van der Waals surface area contributed by atoms with Crippen LogP contribution < -0.4 is 19.7 Å². The Morgan fingerprint density at radius 2 is 1.69 bits per heavy atom. The minimum atomic E-state index is -0.654. The molecule has 0 aromatic heterocycles. The zero-order valence-corrected chi connectivity index (χ0v) is 16.1. The lowest BCUT2D eigenvalue weighted by atomic mass is 10.2. The first kappa shape index (κ1) is 20.2. The number of amides is 2. The first-order valence-electron chi connectivity index (χ1n) is 9.18. The van der Waals surface area contributed by atoms with Gasteiger partial charge in [-0.25, -0.2) is 4.79 Å². The summed E-state index contributed by atoms with van der Waals surface area (Å²) in [6.45, 7) is -0.0194. The summed E-state index contributed by atoms with van der Waals surface area (Å²) in [5.74, 6) is 0.151. The van der Waals surface area contributed by atoms with Gasteiger partial charge in [-0.3, -0.25) is 9.59 Å². The van der Waals surface area contributed by atoms with Crippen LogP contribution in [0.15, 0.2) is 48.5 Å². The van der Waals surface area contributed by atoms with Gasteiger partial charge in [0.25, 0.3) is 5.91 Å². The zero-order valence-electron chi connectivity index (χ0n) is 16.1. The molecule has 8 nitrogen and oxygen atoms in total. The number of esters is 1. The van der Waals surface area contributed by atoms with Crippen molar-refractivity contribution in [1.82, 2.24) is 0 Å². The fourth-order valence-electron chi connectivity index (χ4n) is 2.84. The highest BCUT2D eigenvalue weighted by molar-refractivity contribution is 5.96. The van der Waals surface area contributed by atoms with Crippen LogP contribution in [0.5, 0.6) is 11.5 Å². The molecule has 0 bridgehead atoms. The van der Waals surface area contributed by atoms with E-state index in [1.165, 1.54) is 0 Å². The van der Waals surface area contributed by atoms with Gasteiger partial charge < -0.3 is 24.4 Å². The molecule has 0 spiro atoms. The first-order chi connectivity index (χ1) is 14.0. The Labute approximate surface area is 168 Å². The predicted octanol–water partition coefficient (Wildman–Crippen LogP) is 2.38. The second-order valence-corrected chi connectivity index (χ2v) is 6.37. The number of carbonyl (C=O) groups excluding carboxylic acids is 3. The molecular formula is C21H22N2O6. The summed E-state index contributed by atoms with van der Waals surface area (Å²) in [5, 5.41) is 2.64. The molecule has 1 aliphatic heterocycles. The van der Waals surface area contributed by atoms with Crippen LogP contribution in [-0.4, -0.2) is 44.7 Å². The number of hydrogen-bond acceptors (Lipinski definition) is 6. The number of nitrogens with zero attached hydrogens (tertiary/aromatic N) is 1. The van der Waals surface area contributed by atoms with E-state index in [-0.39, 0.29) is 12.5 Å². The maximum Gasteiger partial charge on any atom is 0.344 e. The molecule has 2 amide bonds. The van der Waals surface area contributed by atoms with Crippen molar-refractivity contribution in [2.45, 2.75) is 12.8 Å². The van der Waals surface area contributed by atoms with Crippen molar-refractivity contribution >= 4 is 29.2 Å². The van der Waals surface area contributed by atoms with E-state index in [9.17, 15) is 14.4 Å². The molecule has 0 saturated carbocycles. The van der Waals surface area contributed by atoms with Crippen LogP contribution in [0.1, 0.15) is 12.8 Å². The lowest BCUT2D eigenvalue weighted by Crippen LogP contribution is -2.24. The number of carbonyl (C=O) groups is 3. The Kier molecular flexibility index (Phi) is 6.67. The summed E-state index contributed by atoms with van der Waals surface area (Å²) in [6.07, 6.45) is 1.41. The molecule has 29 heavy (non-hydrogen) atoms. The fraction of sp³-hybridized carbons (Fsp3) is 0.286. The molecule has 2 aromatic rings. The highest BCUT2D eigenvalue weighted by Gasteiger charge is 2.21. The summed E-state index contributed by atoms with van der Waals surface area (Å²) in [7, 11) is 1.56. The van der Waals surface area contributed by atoms with E-state index in [2.05, 4.69) is 5.32 Å². The minimum Gasteiger partial charge on any atom is -0.497 e. The molecule has 0 atom stereocenters. The molecule has 1 heterocycles. The van der Waals surface area contributed by atoms with E-state index < -0.39 is 18.5 Å². The van der Waals surface area contributed by atoms with Gasteiger partial charge in [0.15, 0.2) is 13.2 Å². The normalized spacial score (nSPS) is 13.1. The van der Waals surface area contributed by atoms with E-state index >= 15 is 0 Å². The number of anilines is 2. The number of benzene rings is 2. The van der Waals surface area contributed by atoms with E-state index in [0.29, 0.717) is 30.2 Å². The summed E-state index contributed by atoms with van der Waals surface area (Å²) >= 11 is 0. The Morgan fingerprint density at radius 3 is 2.31 bits per heavy atom. The van der Waals surface area contributed by atoms with Crippen LogP contribution in [0.4, 0.5) is 11.4 Å². The largest absolute Gasteiger partial charge is 0.497 e. The van der Waals surface area contributed by atoms with Crippen molar-refractivity contribution in [3.8, 4) is 11.5 Å². The lowest BCUT2D eigenvalue weighted by Gasteiger charge is -2.16. The molecule has 1 aliphatic rings. The van der Waals surface area contributed by atoms with Gasteiger partial charge in [-0.05, 0) is 55.0 Å². The third-order valence-corrected chi connectivity index (χ3v) is 4.32. The molecule has 1 fully saturated rings. The number of nitrogens with one attached hydrogen (secondary N) is 1. The van der Waals surface area contributed by atoms with E-state index in [1.54, 1.807) is 60.5 Å². The van der Waals surface area contributed by atoms with Crippen LogP contribution in [0.3, 0.4) is 0 Å². The summed E-state index contributed by atoms with van der Waals surface area (Å²) in [6, 6.07) is 13.7. The minimum absolute atomic E-state index is 0.102. The van der Waals surface area contributed by atoms with Crippen molar-refractivity contribution in [2.75, 3.05) is 37.1 Å². The molecular weight excluding hydrogens is 376 g/mol. The second-order valence-electron chi connectivity index (χ2n) is 6.37. The predicted molar refractivity (Wildman–Crippen MR) is 106 cm³/mol. The van der Waals surface area contributed by atoms with Gasteiger partial charge in [0.05, 0.1) is 7.11 Å². The van der Waals surface area contributed by atoms with Gasteiger partial charge in [0.2, 0.25) is 5.91 Å². The summed E-state index contributed by atoms with van der Waals surface area (Å²) in [5.41, 5.74) is 1.35. The average molecular weight is 398 g/mol. The third-order valence-electron chi connectivity index (χ3n) is 4.32. The van der Waals surface area contributed by atoms with E-state index in [4.69, 9.17) is 14.2 Å². The van der Waals surface area contributed by atoms with Gasteiger partial charge in [-0.1, -0.05) is 0 Å². The van der Waals surface area contributed by atoms with Crippen molar-refractivity contribution in [3.05, 3.63) is 48.5 Å². The van der Waals surface area contributed by atoms with Gasteiger partial charge in [0, 0.05) is 24.3 Å². The molecule has 0 unspecified atom stereocenters. The maximum absolute atomic E-state index is 11.9. The average Bonchev–Trinajstić information content (AvgIpc) is 3.17. The molecule has 2 aromatic carbocycles. The Morgan fingerprint density at radius 1 is 1.00 bits per heavy atom. The Balaban J connectivity index is 1.39. The second kappa shape index (κ2) is 9.59. The number of ether oxygens (including phenoxy) is 3. The Bertz CT molecular complexity index is 864. The van der Waals surface area contributed by atoms with E-state index in [0.717, 1.165) is 12.1 Å². The smallest absolute Gasteiger partial charge is 0.344 e. The zero-order chi connectivity index (χ0) is 20.6. The highest BCUT2D eigenvalue weighted by atomic mass is 16.6. The molecule has 3 rings (SSSR count). The van der Waals surface area contributed by atoms with Crippen LogP contribution in [0, 0.1) is 0 Å². The quantitative estimate of drug-likeness (QED) is 0.686. The Hall–Kier alpha value is -3.55. The SMILES string of the molecule is COc1ccc(OCC(=O)OCC(=O)Nc2ccc(N3CCCC3=O)cc2)cc1. The monoisotopic (exact) mass is 398 g/mol. The van der Waals surface area contributed by atoms with Gasteiger partial charge >= 0.3 is 5.97 Å². The van der Waals surface area contributed by atoms with Crippen molar-refractivity contribution in [3.63, 3.8) is 0 Å². The summed E-state index contributed by atoms with van der Waals surface area (Å²) < 4.78 is 15.2. The van der Waals surface area contributed by atoms with Crippen LogP contribution in [0.25, 0.3) is 0 Å². The number of hydrogen-bond donors (Lipinski definition) is 1. The van der Waals surface area contributed by atoms with Crippen molar-refractivity contribution < 1.29 is 28.6 Å². The van der Waals surface area contributed by atoms with E-state index in [1.807, 2.05) is 0 Å². The van der Waals surface area contributed by atoms with Crippen molar-refractivity contribution in [2.24, 2.45) is 0 Å². The van der Waals surface area contributed by atoms with Crippen molar-refractivity contribution in [1.29, 1.82) is 0 Å². The molecule has 8 heteroatoms. The standard InChI is InChI=1S/C21H22N2O6/c1-27-17-8-10-18(11-9-17)28-14-21(26)29-13-19(24)22-15-4-6-16(7-5-15)23-12-2-3-20(23)25/h4-11H,2-3,12-14H2,1H3,(H,22,24). The first-order valence-corrected chi connectivity index (χ1v) is 9.18. The maximum atomic E-state index is 11.9. The number of rotatable bonds is 8. The van der Waals surface area contributed by atoms with Gasteiger partial charge in [-0.2, -0.15) is 0 Å². The molecule has 152 valence electrons. The molecule has 0 aliphatic carbocycles. The van der Waals surface area contributed by atoms with Crippen LogP contribution in [0.2, 0.25) is 0 Å². The van der Waals surface area contributed by atoms with Gasteiger partial charge in [0.1, 0.15) is 11.5 Å². The lowest BCUT2D eigenvalue weighted by molar-refractivity contribution is -0.149. The molecule has 1 N–H and O–H groups in total. The van der Waals surface area contributed by atoms with Gasteiger partial charge in [-0.15, -0.1) is 0 Å². The molecule has 0 radical (unpaired) electrons. The molecule has 1 saturated heterocycles. The number of methoxy groups -OCH3 is 1. The highest BCUT2D eigenvalue weighted by Crippen LogP contribution is 2.23. The van der Waals surface area contributed by atoms with Crippen LogP contribution >= 0.6 is 0 Å².